The van der Waals surface area contributed by atoms with Crippen molar-refractivity contribution < 1.29 is 0 Å². The van der Waals surface area contributed by atoms with Crippen molar-refractivity contribution in [3.63, 3.8) is 0 Å². The van der Waals surface area contributed by atoms with Crippen LogP contribution >= 0.6 is 15.9 Å². The quantitative estimate of drug-likeness (QED) is 0.839. The van der Waals surface area contributed by atoms with E-state index in [1.54, 1.807) is 0 Å². The first-order valence-corrected chi connectivity index (χ1v) is 6.20. The normalized spacial score (nSPS) is 20.1. The molecule has 0 amide bonds. The molecule has 2 nitrogen and oxygen atoms in total. The number of anilines is 2. The Morgan fingerprint density at radius 3 is 2.87 bits per heavy atom. The SMILES string of the molecule is CC(C)N1c2cc(Br)ccc2NCC1C. The third-order valence-electron chi connectivity index (χ3n) is 2.86. The topological polar surface area (TPSA) is 15.3 Å². The number of rotatable bonds is 1. The zero-order valence-electron chi connectivity index (χ0n) is 9.42. The molecule has 0 radical (unpaired) electrons. The van der Waals surface area contributed by atoms with Gasteiger partial charge in [0.2, 0.25) is 0 Å². The van der Waals surface area contributed by atoms with Crippen LogP contribution < -0.4 is 10.2 Å². The summed E-state index contributed by atoms with van der Waals surface area (Å²) in [5.41, 5.74) is 2.54. The molecule has 15 heavy (non-hydrogen) atoms. The van der Waals surface area contributed by atoms with Gasteiger partial charge in [0.25, 0.3) is 0 Å². The van der Waals surface area contributed by atoms with Crippen molar-refractivity contribution in [1.29, 1.82) is 0 Å². The lowest BCUT2D eigenvalue weighted by molar-refractivity contribution is 0.580. The van der Waals surface area contributed by atoms with E-state index in [0.717, 1.165) is 11.0 Å². The Bertz CT molecular complexity index is 363. The summed E-state index contributed by atoms with van der Waals surface area (Å²) in [7, 11) is 0. The smallest absolute Gasteiger partial charge is 0.0618 e. The van der Waals surface area contributed by atoms with Crippen LogP contribution in [0.25, 0.3) is 0 Å². The van der Waals surface area contributed by atoms with Gasteiger partial charge in [0.05, 0.1) is 11.4 Å². The van der Waals surface area contributed by atoms with Crippen LogP contribution in [0.3, 0.4) is 0 Å². The highest BCUT2D eigenvalue weighted by molar-refractivity contribution is 9.10. The van der Waals surface area contributed by atoms with Gasteiger partial charge < -0.3 is 10.2 Å². The van der Waals surface area contributed by atoms with E-state index in [1.165, 1.54) is 11.4 Å². The lowest BCUT2D eigenvalue weighted by atomic mass is 10.1. The minimum Gasteiger partial charge on any atom is -0.381 e. The summed E-state index contributed by atoms with van der Waals surface area (Å²) in [6.45, 7) is 7.77. The number of fused-ring (bicyclic) bond motifs is 1. The van der Waals surface area contributed by atoms with Gasteiger partial charge in [-0.3, -0.25) is 0 Å². The molecule has 82 valence electrons. The fraction of sp³-hybridized carbons (Fsp3) is 0.500. The van der Waals surface area contributed by atoms with Crippen LogP contribution in [-0.2, 0) is 0 Å². The highest BCUT2D eigenvalue weighted by Gasteiger charge is 2.24. The molecule has 3 heteroatoms. The van der Waals surface area contributed by atoms with Crippen molar-refractivity contribution in [3.05, 3.63) is 22.7 Å². The van der Waals surface area contributed by atoms with Crippen LogP contribution in [0.4, 0.5) is 11.4 Å². The summed E-state index contributed by atoms with van der Waals surface area (Å²) in [5.74, 6) is 0. The second kappa shape index (κ2) is 4.05. The summed E-state index contributed by atoms with van der Waals surface area (Å²) in [4.78, 5) is 2.47. The van der Waals surface area contributed by atoms with Crippen LogP contribution in [0, 0.1) is 0 Å². The second-order valence-electron chi connectivity index (χ2n) is 4.39. The maximum Gasteiger partial charge on any atom is 0.0618 e. The minimum atomic E-state index is 0.537. The first-order chi connectivity index (χ1) is 7.09. The third-order valence-corrected chi connectivity index (χ3v) is 3.35. The van der Waals surface area contributed by atoms with Gasteiger partial charge in [-0.05, 0) is 39.0 Å². The van der Waals surface area contributed by atoms with Crippen molar-refractivity contribution in [3.8, 4) is 0 Å². The van der Waals surface area contributed by atoms with Crippen molar-refractivity contribution in [2.24, 2.45) is 0 Å². The Hall–Kier alpha value is -0.700. The molecule has 0 spiro atoms. The summed E-state index contributed by atoms with van der Waals surface area (Å²) >= 11 is 3.53. The monoisotopic (exact) mass is 268 g/mol. The van der Waals surface area contributed by atoms with Crippen LogP contribution in [0.1, 0.15) is 20.8 Å². The fourth-order valence-corrected chi connectivity index (χ4v) is 2.60. The van der Waals surface area contributed by atoms with Crippen LogP contribution in [0.2, 0.25) is 0 Å². The zero-order valence-corrected chi connectivity index (χ0v) is 11.0. The summed E-state index contributed by atoms with van der Waals surface area (Å²) < 4.78 is 1.14. The number of hydrogen-bond donors (Lipinski definition) is 1. The fourth-order valence-electron chi connectivity index (χ4n) is 2.25. The van der Waals surface area contributed by atoms with E-state index < -0.39 is 0 Å². The Morgan fingerprint density at radius 2 is 2.20 bits per heavy atom. The van der Waals surface area contributed by atoms with E-state index in [9.17, 15) is 0 Å². The molecule has 0 aliphatic carbocycles. The molecule has 1 aromatic carbocycles. The molecule has 1 heterocycles. The van der Waals surface area contributed by atoms with Crippen LogP contribution in [0.15, 0.2) is 22.7 Å². The molecule has 1 atom stereocenters. The van der Waals surface area contributed by atoms with Gasteiger partial charge in [0, 0.05) is 23.1 Å². The van der Waals surface area contributed by atoms with Gasteiger partial charge >= 0.3 is 0 Å². The predicted molar refractivity (Wildman–Crippen MR) is 69.7 cm³/mol. The molecule has 2 rings (SSSR count). The Morgan fingerprint density at radius 1 is 1.47 bits per heavy atom. The highest BCUT2D eigenvalue weighted by Crippen LogP contribution is 2.35. The molecule has 0 aromatic heterocycles. The third kappa shape index (κ3) is 1.98. The van der Waals surface area contributed by atoms with E-state index in [-0.39, 0.29) is 0 Å². The summed E-state index contributed by atoms with van der Waals surface area (Å²) in [5, 5.41) is 3.46. The molecule has 0 bridgehead atoms. The van der Waals surface area contributed by atoms with Crippen LogP contribution in [0.5, 0.6) is 0 Å². The number of benzene rings is 1. The maximum absolute atomic E-state index is 3.53. The summed E-state index contributed by atoms with van der Waals surface area (Å²) in [6, 6.07) is 7.50. The molecule has 1 N–H and O–H groups in total. The lowest BCUT2D eigenvalue weighted by Crippen LogP contribution is -2.46. The summed E-state index contributed by atoms with van der Waals surface area (Å²) in [6.07, 6.45) is 0. The molecule has 1 aliphatic rings. The molecule has 1 unspecified atom stereocenters. The molecule has 0 saturated heterocycles. The van der Waals surface area contributed by atoms with Crippen molar-refractivity contribution in [2.75, 3.05) is 16.8 Å². The van der Waals surface area contributed by atoms with E-state index in [1.807, 2.05) is 0 Å². The van der Waals surface area contributed by atoms with E-state index in [2.05, 4.69) is 65.1 Å². The standard InChI is InChI=1S/C12H17BrN2/c1-8(2)15-9(3)7-14-11-5-4-10(13)6-12(11)15/h4-6,8-9,14H,7H2,1-3H3. The first-order valence-electron chi connectivity index (χ1n) is 5.41. The molecular weight excluding hydrogens is 252 g/mol. The van der Waals surface area contributed by atoms with Crippen LogP contribution in [-0.4, -0.2) is 18.6 Å². The Labute approximate surface area is 99.8 Å². The van der Waals surface area contributed by atoms with Gasteiger partial charge in [-0.15, -0.1) is 0 Å². The average Bonchev–Trinajstić information content (AvgIpc) is 2.16. The lowest BCUT2D eigenvalue weighted by Gasteiger charge is -2.40. The van der Waals surface area contributed by atoms with Gasteiger partial charge in [-0.25, -0.2) is 0 Å². The maximum atomic E-state index is 3.53. The van der Waals surface area contributed by atoms with E-state index in [0.29, 0.717) is 12.1 Å². The van der Waals surface area contributed by atoms with Gasteiger partial charge in [0.1, 0.15) is 0 Å². The Balaban J connectivity index is 2.46. The van der Waals surface area contributed by atoms with Gasteiger partial charge in [-0.2, -0.15) is 0 Å². The molecule has 0 fully saturated rings. The number of hydrogen-bond acceptors (Lipinski definition) is 2. The van der Waals surface area contributed by atoms with E-state index in [4.69, 9.17) is 0 Å². The highest BCUT2D eigenvalue weighted by atomic mass is 79.9. The molecule has 1 aliphatic heterocycles. The Kier molecular flexibility index (Phi) is 2.91. The zero-order chi connectivity index (χ0) is 11.0. The number of halogens is 1. The van der Waals surface area contributed by atoms with Gasteiger partial charge in [0.15, 0.2) is 0 Å². The van der Waals surface area contributed by atoms with Crippen molar-refractivity contribution >= 4 is 27.3 Å². The molecular formula is C12H17BrN2. The van der Waals surface area contributed by atoms with E-state index >= 15 is 0 Å². The number of nitrogens with one attached hydrogen (secondary N) is 1. The van der Waals surface area contributed by atoms with Crippen molar-refractivity contribution in [2.45, 2.75) is 32.9 Å². The first kappa shape index (κ1) is 10.8. The largest absolute Gasteiger partial charge is 0.381 e. The minimum absolute atomic E-state index is 0.537. The second-order valence-corrected chi connectivity index (χ2v) is 5.31. The average molecular weight is 269 g/mol. The number of nitrogens with zero attached hydrogens (tertiary/aromatic N) is 1. The molecule has 1 aromatic rings. The molecule has 0 saturated carbocycles. The van der Waals surface area contributed by atoms with Gasteiger partial charge in [-0.1, -0.05) is 15.9 Å². The van der Waals surface area contributed by atoms with Crippen molar-refractivity contribution in [1.82, 2.24) is 0 Å². The predicted octanol–water partition coefficient (Wildman–Crippen LogP) is 3.48.